The van der Waals surface area contributed by atoms with Crippen molar-refractivity contribution < 1.29 is 9.90 Å². The fourth-order valence-corrected chi connectivity index (χ4v) is 1.95. The Bertz CT molecular complexity index is 213. The van der Waals surface area contributed by atoms with Crippen LogP contribution in [-0.2, 0) is 4.79 Å². The predicted molar refractivity (Wildman–Crippen MR) is 64.2 cm³/mol. The molecule has 16 heavy (non-hydrogen) atoms. The molecule has 1 N–H and O–H groups in total. The Balaban J connectivity index is 2.12. The molecule has 94 valence electrons. The molecule has 0 saturated carbocycles. The zero-order valence-electron chi connectivity index (χ0n) is 10.5. The van der Waals surface area contributed by atoms with Gasteiger partial charge in [0.1, 0.15) is 0 Å². The summed E-state index contributed by atoms with van der Waals surface area (Å²) in [4.78, 5) is 15.8. The molecule has 1 fully saturated rings. The van der Waals surface area contributed by atoms with E-state index in [-0.39, 0.29) is 12.0 Å². The standard InChI is InChI=1S/C12H24N2O2/c1-11(15)5-6-12(16)13(2)9-10-14-7-3-4-8-14/h11,15H,3-10H2,1-2H3. The van der Waals surface area contributed by atoms with Gasteiger partial charge in [0.15, 0.2) is 0 Å². The van der Waals surface area contributed by atoms with Gasteiger partial charge in [-0.25, -0.2) is 0 Å². The fraction of sp³-hybridized carbons (Fsp3) is 0.917. The van der Waals surface area contributed by atoms with E-state index >= 15 is 0 Å². The average molecular weight is 228 g/mol. The van der Waals surface area contributed by atoms with Crippen molar-refractivity contribution in [3.05, 3.63) is 0 Å². The number of aliphatic hydroxyl groups excluding tert-OH is 1. The van der Waals surface area contributed by atoms with Crippen LogP contribution in [0.2, 0.25) is 0 Å². The van der Waals surface area contributed by atoms with Gasteiger partial charge in [-0.05, 0) is 39.3 Å². The number of likely N-dealkylation sites (tertiary alicyclic amines) is 1. The van der Waals surface area contributed by atoms with Gasteiger partial charge in [0.25, 0.3) is 0 Å². The summed E-state index contributed by atoms with van der Waals surface area (Å²) in [6.45, 7) is 5.86. The number of aliphatic hydroxyl groups is 1. The van der Waals surface area contributed by atoms with Crippen molar-refractivity contribution in [1.29, 1.82) is 0 Å². The van der Waals surface area contributed by atoms with E-state index in [4.69, 9.17) is 5.11 Å². The maximum atomic E-state index is 11.6. The number of likely N-dealkylation sites (N-methyl/N-ethyl adjacent to an activating group) is 1. The minimum absolute atomic E-state index is 0.139. The largest absolute Gasteiger partial charge is 0.393 e. The number of amides is 1. The number of hydrogen-bond acceptors (Lipinski definition) is 3. The van der Waals surface area contributed by atoms with Crippen LogP contribution in [0, 0.1) is 0 Å². The van der Waals surface area contributed by atoms with Gasteiger partial charge in [0.2, 0.25) is 5.91 Å². The minimum atomic E-state index is -0.379. The maximum absolute atomic E-state index is 11.6. The summed E-state index contributed by atoms with van der Waals surface area (Å²) in [5, 5.41) is 9.11. The van der Waals surface area contributed by atoms with Crippen molar-refractivity contribution >= 4 is 5.91 Å². The van der Waals surface area contributed by atoms with Crippen molar-refractivity contribution in [2.75, 3.05) is 33.2 Å². The Morgan fingerprint density at radius 2 is 2.06 bits per heavy atom. The quantitative estimate of drug-likeness (QED) is 0.728. The third-order valence-corrected chi connectivity index (χ3v) is 3.15. The summed E-state index contributed by atoms with van der Waals surface area (Å²) in [5.41, 5.74) is 0. The zero-order chi connectivity index (χ0) is 12.0. The highest BCUT2D eigenvalue weighted by molar-refractivity contribution is 5.75. The van der Waals surface area contributed by atoms with E-state index in [0.717, 1.165) is 13.1 Å². The molecule has 1 unspecified atom stereocenters. The van der Waals surface area contributed by atoms with Gasteiger partial charge in [-0.1, -0.05) is 0 Å². The second-order valence-corrected chi connectivity index (χ2v) is 4.75. The Morgan fingerprint density at radius 1 is 1.44 bits per heavy atom. The molecule has 1 rings (SSSR count). The molecule has 4 heteroatoms. The van der Waals surface area contributed by atoms with Crippen LogP contribution in [0.4, 0.5) is 0 Å². The molecule has 0 aromatic rings. The second-order valence-electron chi connectivity index (χ2n) is 4.75. The molecule has 1 aliphatic heterocycles. The molecule has 0 aromatic carbocycles. The molecular formula is C12H24N2O2. The van der Waals surface area contributed by atoms with E-state index in [0.29, 0.717) is 12.8 Å². The molecule has 1 saturated heterocycles. The molecule has 0 aliphatic carbocycles. The van der Waals surface area contributed by atoms with Crippen LogP contribution in [0.15, 0.2) is 0 Å². The molecule has 1 heterocycles. The molecule has 0 spiro atoms. The summed E-state index contributed by atoms with van der Waals surface area (Å²) in [6.07, 6.45) is 3.22. The Morgan fingerprint density at radius 3 is 2.62 bits per heavy atom. The summed E-state index contributed by atoms with van der Waals surface area (Å²) in [5.74, 6) is 0.139. The Hall–Kier alpha value is -0.610. The third-order valence-electron chi connectivity index (χ3n) is 3.15. The summed E-state index contributed by atoms with van der Waals surface area (Å²) >= 11 is 0. The highest BCUT2D eigenvalue weighted by atomic mass is 16.3. The van der Waals surface area contributed by atoms with Crippen molar-refractivity contribution in [2.24, 2.45) is 0 Å². The number of carbonyl (C=O) groups is 1. The van der Waals surface area contributed by atoms with Crippen LogP contribution in [-0.4, -0.2) is 60.1 Å². The lowest BCUT2D eigenvalue weighted by Gasteiger charge is -2.21. The smallest absolute Gasteiger partial charge is 0.222 e. The van der Waals surface area contributed by atoms with Crippen LogP contribution in [0.1, 0.15) is 32.6 Å². The first-order valence-corrected chi connectivity index (χ1v) is 6.24. The van der Waals surface area contributed by atoms with Gasteiger partial charge < -0.3 is 14.9 Å². The molecule has 1 atom stereocenters. The minimum Gasteiger partial charge on any atom is -0.393 e. The SMILES string of the molecule is CC(O)CCC(=O)N(C)CCN1CCCC1. The fourth-order valence-electron chi connectivity index (χ4n) is 1.95. The van der Waals surface area contributed by atoms with E-state index in [1.807, 2.05) is 7.05 Å². The van der Waals surface area contributed by atoms with Gasteiger partial charge in [-0.2, -0.15) is 0 Å². The molecule has 0 radical (unpaired) electrons. The normalized spacial score (nSPS) is 18.7. The molecule has 1 amide bonds. The van der Waals surface area contributed by atoms with Crippen molar-refractivity contribution in [2.45, 2.75) is 38.7 Å². The lowest BCUT2D eigenvalue weighted by atomic mass is 10.2. The van der Waals surface area contributed by atoms with Crippen LogP contribution in [0.5, 0.6) is 0 Å². The van der Waals surface area contributed by atoms with Crippen LogP contribution >= 0.6 is 0 Å². The van der Waals surface area contributed by atoms with E-state index in [1.54, 1.807) is 11.8 Å². The second kappa shape index (κ2) is 6.86. The van der Waals surface area contributed by atoms with E-state index in [1.165, 1.54) is 25.9 Å². The van der Waals surface area contributed by atoms with Gasteiger partial charge in [0.05, 0.1) is 6.10 Å². The molecule has 0 bridgehead atoms. The average Bonchev–Trinajstić information content (AvgIpc) is 2.75. The van der Waals surface area contributed by atoms with Gasteiger partial charge in [0, 0.05) is 26.6 Å². The number of nitrogens with zero attached hydrogens (tertiary/aromatic N) is 2. The first kappa shape index (κ1) is 13.5. The summed E-state index contributed by atoms with van der Waals surface area (Å²) in [7, 11) is 1.85. The third kappa shape index (κ3) is 4.94. The van der Waals surface area contributed by atoms with E-state index < -0.39 is 0 Å². The Labute approximate surface area is 98.2 Å². The van der Waals surface area contributed by atoms with Crippen molar-refractivity contribution in [3.63, 3.8) is 0 Å². The predicted octanol–water partition coefficient (Wildman–Crippen LogP) is 0.702. The molecule has 0 aromatic heterocycles. The van der Waals surface area contributed by atoms with E-state index in [9.17, 15) is 4.79 Å². The van der Waals surface area contributed by atoms with Gasteiger partial charge in [-0.15, -0.1) is 0 Å². The molecule has 1 aliphatic rings. The number of rotatable bonds is 6. The zero-order valence-corrected chi connectivity index (χ0v) is 10.5. The summed E-state index contributed by atoms with van der Waals surface area (Å²) in [6, 6.07) is 0. The highest BCUT2D eigenvalue weighted by Gasteiger charge is 2.14. The van der Waals surface area contributed by atoms with Gasteiger partial charge >= 0.3 is 0 Å². The lowest BCUT2D eigenvalue weighted by molar-refractivity contribution is -0.130. The van der Waals surface area contributed by atoms with Crippen LogP contribution in [0.3, 0.4) is 0 Å². The molecular weight excluding hydrogens is 204 g/mol. The molecule has 4 nitrogen and oxygen atoms in total. The van der Waals surface area contributed by atoms with Crippen LogP contribution in [0.25, 0.3) is 0 Å². The van der Waals surface area contributed by atoms with Gasteiger partial charge in [-0.3, -0.25) is 4.79 Å². The van der Waals surface area contributed by atoms with Crippen molar-refractivity contribution in [1.82, 2.24) is 9.80 Å². The van der Waals surface area contributed by atoms with E-state index in [2.05, 4.69) is 4.90 Å². The topological polar surface area (TPSA) is 43.8 Å². The maximum Gasteiger partial charge on any atom is 0.222 e. The Kier molecular flexibility index (Phi) is 5.77. The first-order chi connectivity index (χ1) is 7.59. The first-order valence-electron chi connectivity index (χ1n) is 6.24. The monoisotopic (exact) mass is 228 g/mol. The number of hydrogen-bond donors (Lipinski definition) is 1. The van der Waals surface area contributed by atoms with Crippen molar-refractivity contribution in [3.8, 4) is 0 Å². The summed E-state index contributed by atoms with van der Waals surface area (Å²) < 4.78 is 0. The highest BCUT2D eigenvalue weighted by Crippen LogP contribution is 2.07. The van der Waals surface area contributed by atoms with Crippen LogP contribution < -0.4 is 0 Å². The lowest BCUT2D eigenvalue weighted by Crippen LogP contribution is -2.35. The number of carbonyl (C=O) groups excluding carboxylic acids is 1.